The molecular weight excluding hydrogens is 310 g/mol. The number of aromatic nitrogens is 5. The molecule has 0 aliphatic rings. The van der Waals surface area contributed by atoms with Crippen LogP contribution < -0.4 is 16.9 Å². The van der Waals surface area contributed by atoms with Crippen molar-refractivity contribution in [3.63, 3.8) is 0 Å². The van der Waals surface area contributed by atoms with Gasteiger partial charge in [0.2, 0.25) is 0 Å². The second-order valence-electron chi connectivity index (χ2n) is 4.66. The third-order valence-electron chi connectivity index (χ3n) is 3.26. The normalized spacial score (nSPS) is 11.0. The number of fused-ring (bicyclic) bond motifs is 1. The lowest BCUT2D eigenvalue weighted by molar-refractivity contribution is 0.683. The molecule has 0 saturated carbocycles. The maximum atomic E-state index is 12.2. The summed E-state index contributed by atoms with van der Waals surface area (Å²) in [5, 5.41) is 4.55. The predicted molar refractivity (Wildman–Crippen MR) is 80.6 cm³/mol. The Bertz CT molecular complexity index is 1060. The summed E-state index contributed by atoms with van der Waals surface area (Å²) in [7, 11) is 2.76. The Morgan fingerprint density at radius 3 is 2.27 bits per heavy atom. The lowest BCUT2D eigenvalue weighted by Gasteiger charge is -2.08. The summed E-state index contributed by atoms with van der Waals surface area (Å²) in [5.74, 6) is 0. The number of benzene rings is 1. The molecule has 0 fully saturated rings. The van der Waals surface area contributed by atoms with E-state index in [9.17, 15) is 14.4 Å². The highest BCUT2D eigenvalue weighted by Crippen LogP contribution is 2.11. The maximum Gasteiger partial charge on any atom is 0.370 e. The molecule has 2 aromatic heterocycles. The molecular formula is C13H10ClN5O3. The minimum Gasteiger partial charge on any atom is -0.279 e. The van der Waals surface area contributed by atoms with Gasteiger partial charge in [-0.1, -0.05) is 11.6 Å². The molecule has 0 atom stereocenters. The van der Waals surface area contributed by atoms with E-state index in [1.165, 1.54) is 14.1 Å². The summed E-state index contributed by atoms with van der Waals surface area (Å²) >= 11 is 5.80. The van der Waals surface area contributed by atoms with Crippen LogP contribution in [-0.4, -0.2) is 23.9 Å². The number of nitrogens with zero attached hydrogens (tertiary/aromatic N) is 5. The topological polar surface area (TPSA) is 91.8 Å². The van der Waals surface area contributed by atoms with Crippen LogP contribution in [0.25, 0.3) is 16.9 Å². The largest absolute Gasteiger partial charge is 0.370 e. The van der Waals surface area contributed by atoms with E-state index < -0.39 is 16.9 Å². The maximum absolute atomic E-state index is 12.2. The van der Waals surface area contributed by atoms with Gasteiger partial charge in [0.25, 0.3) is 5.56 Å². The first-order valence-electron chi connectivity index (χ1n) is 6.23. The van der Waals surface area contributed by atoms with Gasteiger partial charge in [0, 0.05) is 19.1 Å². The number of hydrogen-bond acceptors (Lipinski definition) is 5. The van der Waals surface area contributed by atoms with E-state index in [0.29, 0.717) is 10.7 Å². The van der Waals surface area contributed by atoms with Crippen LogP contribution in [0.4, 0.5) is 0 Å². The van der Waals surface area contributed by atoms with Crippen molar-refractivity contribution in [1.29, 1.82) is 0 Å². The minimum absolute atomic E-state index is 0.0525. The molecule has 0 saturated heterocycles. The van der Waals surface area contributed by atoms with E-state index in [4.69, 9.17) is 11.6 Å². The molecule has 22 heavy (non-hydrogen) atoms. The Hall–Kier alpha value is -2.74. The molecule has 9 heteroatoms. The first-order chi connectivity index (χ1) is 10.4. The molecule has 3 aromatic rings. The molecule has 2 heterocycles. The van der Waals surface area contributed by atoms with Gasteiger partial charge >= 0.3 is 11.4 Å². The van der Waals surface area contributed by atoms with E-state index >= 15 is 0 Å². The standard InChI is InChI=1S/C13H10ClN5O3/c1-17-10-9(11(20)18(2)13(17)22)16-19(12(21)15-10)8-5-3-7(14)4-6-8/h3-6H,1-2H3. The summed E-state index contributed by atoms with van der Waals surface area (Å²) in [6.07, 6.45) is 0. The zero-order chi connectivity index (χ0) is 16.0. The molecule has 0 aliphatic carbocycles. The molecule has 0 unspecified atom stereocenters. The quantitative estimate of drug-likeness (QED) is 0.621. The van der Waals surface area contributed by atoms with Crippen LogP contribution in [0.15, 0.2) is 38.6 Å². The fourth-order valence-corrected chi connectivity index (χ4v) is 2.19. The highest BCUT2D eigenvalue weighted by Gasteiger charge is 2.14. The molecule has 3 rings (SSSR count). The smallest absolute Gasteiger partial charge is 0.279 e. The second-order valence-corrected chi connectivity index (χ2v) is 5.10. The molecule has 0 radical (unpaired) electrons. The molecule has 0 aliphatic heterocycles. The Labute approximate surface area is 127 Å². The highest BCUT2D eigenvalue weighted by atomic mass is 35.5. The zero-order valence-electron chi connectivity index (χ0n) is 11.6. The van der Waals surface area contributed by atoms with Crippen LogP contribution in [0.1, 0.15) is 0 Å². The van der Waals surface area contributed by atoms with Crippen molar-refractivity contribution in [3.8, 4) is 5.69 Å². The van der Waals surface area contributed by atoms with Gasteiger partial charge < -0.3 is 0 Å². The molecule has 1 aromatic carbocycles. The molecule has 0 spiro atoms. The van der Waals surface area contributed by atoms with Crippen molar-refractivity contribution >= 4 is 22.8 Å². The zero-order valence-corrected chi connectivity index (χ0v) is 12.4. The lowest BCUT2D eigenvalue weighted by atomic mass is 10.3. The molecule has 112 valence electrons. The van der Waals surface area contributed by atoms with Crippen molar-refractivity contribution in [1.82, 2.24) is 23.9 Å². The Kier molecular flexibility index (Phi) is 3.18. The van der Waals surface area contributed by atoms with Crippen LogP contribution in [0.3, 0.4) is 0 Å². The Balaban J connectivity index is 2.43. The monoisotopic (exact) mass is 319 g/mol. The SMILES string of the molecule is Cn1c(=O)c2nn(-c3ccc(Cl)cc3)c(=O)nc2n(C)c1=O. The third kappa shape index (κ3) is 2.04. The average molecular weight is 320 g/mol. The van der Waals surface area contributed by atoms with Gasteiger partial charge in [0.15, 0.2) is 11.2 Å². The Morgan fingerprint density at radius 1 is 1.00 bits per heavy atom. The second kappa shape index (κ2) is 4.92. The van der Waals surface area contributed by atoms with Crippen molar-refractivity contribution in [2.24, 2.45) is 14.1 Å². The number of halogens is 1. The number of hydrogen-bond donors (Lipinski definition) is 0. The van der Waals surface area contributed by atoms with Crippen LogP contribution in [0, 0.1) is 0 Å². The summed E-state index contributed by atoms with van der Waals surface area (Å²) in [6.45, 7) is 0. The Morgan fingerprint density at radius 2 is 1.64 bits per heavy atom. The number of rotatable bonds is 1. The van der Waals surface area contributed by atoms with Crippen molar-refractivity contribution in [2.75, 3.05) is 0 Å². The van der Waals surface area contributed by atoms with Gasteiger partial charge in [-0.05, 0) is 24.3 Å². The molecule has 8 nitrogen and oxygen atoms in total. The fraction of sp³-hybridized carbons (Fsp3) is 0.154. The minimum atomic E-state index is -0.696. The molecule has 0 N–H and O–H groups in total. The van der Waals surface area contributed by atoms with Crippen molar-refractivity contribution in [3.05, 3.63) is 60.6 Å². The van der Waals surface area contributed by atoms with Crippen LogP contribution in [0.5, 0.6) is 0 Å². The summed E-state index contributed by atoms with van der Waals surface area (Å²) in [6, 6.07) is 6.34. The summed E-state index contributed by atoms with van der Waals surface area (Å²) in [5.41, 5.74) is -1.59. The predicted octanol–water partition coefficient (Wildman–Crippen LogP) is -0.169. The van der Waals surface area contributed by atoms with E-state index in [1.807, 2.05) is 0 Å². The van der Waals surface area contributed by atoms with Gasteiger partial charge in [-0.2, -0.15) is 14.8 Å². The van der Waals surface area contributed by atoms with Crippen LogP contribution in [-0.2, 0) is 14.1 Å². The average Bonchev–Trinajstić information content (AvgIpc) is 2.51. The van der Waals surface area contributed by atoms with Crippen molar-refractivity contribution < 1.29 is 0 Å². The van der Waals surface area contributed by atoms with Crippen LogP contribution >= 0.6 is 11.6 Å². The summed E-state index contributed by atoms with van der Waals surface area (Å²) < 4.78 is 3.01. The van der Waals surface area contributed by atoms with Gasteiger partial charge in [-0.3, -0.25) is 13.9 Å². The first-order valence-corrected chi connectivity index (χ1v) is 6.61. The molecule has 0 amide bonds. The van der Waals surface area contributed by atoms with Gasteiger partial charge in [0.05, 0.1) is 5.69 Å². The van der Waals surface area contributed by atoms with E-state index in [-0.39, 0.29) is 11.2 Å². The van der Waals surface area contributed by atoms with E-state index in [1.54, 1.807) is 24.3 Å². The van der Waals surface area contributed by atoms with E-state index in [2.05, 4.69) is 10.1 Å². The first kappa shape index (κ1) is 14.2. The lowest BCUT2D eigenvalue weighted by Crippen LogP contribution is -2.40. The van der Waals surface area contributed by atoms with Crippen LogP contribution in [0.2, 0.25) is 5.02 Å². The van der Waals surface area contributed by atoms with Crippen molar-refractivity contribution in [2.45, 2.75) is 0 Å². The van der Waals surface area contributed by atoms with Gasteiger partial charge in [-0.15, -0.1) is 0 Å². The van der Waals surface area contributed by atoms with E-state index in [0.717, 1.165) is 13.8 Å². The molecule has 0 bridgehead atoms. The number of aryl methyl sites for hydroxylation is 1. The van der Waals surface area contributed by atoms with Gasteiger partial charge in [-0.25, -0.2) is 9.59 Å². The highest BCUT2D eigenvalue weighted by molar-refractivity contribution is 6.30. The third-order valence-corrected chi connectivity index (χ3v) is 3.52. The summed E-state index contributed by atoms with van der Waals surface area (Å²) in [4.78, 5) is 39.9. The van der Waals surface area contributed by atoms with Gasteiger partial charge in [0.1, 0.15) is 0 Å². The fourth-order valence-electron chi connectivity index (χ4n) is 2.06.